The summed E-state index contributed by atoms with van der Waals surface area (Å²) < 4.78 is 6.58. The van der Waals surface area contributed by atoms with E-state index in [1.165, 1.54) is 18.9 Å². The zero-order chi connectivity index (χ0) is 19.6. The minimum Gasteiger partial charge on any atom is -0.508 e. The van der Waals surface area contributed by atoms with E-state index in [9.17, 15) is 25.2 Å². The third kappa shape index (κ3) is 1.67. The number of benzene rings is 1. The standard InChI is InChI=1S/C21H25NO6/c1-22(9-10-2-3-10)5-4-20-17-11-6-15(22)21(20,27)16(26)8-14(25)19(20)28-18(17)13(24)7-12(11)23/h7,10,15-16,19,26-27H,2-6,8-9H2,1H3,(H-,23,24)/p+1/t15-,16?,19-,20-,21-,22+/m0/s1. The zero-order valence-corrected chi connectivity index (χ0v) is 15.9. The number of piperidine rings is 1. The van der Waals surface area contributed by atoms with Crippen molar-refractivity contribution in [3.8, 4) is 17.2 Å². The Balaban J connectivity index is 1.65. The number of nitrogens with zero attached hydrogens (tertiary/aromatic N) is 1. The molecule has 28 heavy (non-hydrogen) atoms. The molecule has 1 saturated heterocycles. The third-order valence-corrected chi connectivity index (χ3v) is 8.43. The average Bonchev–Trinajstić information content (AvgIpc) is 3.35. The van der Waals surface area contributed by atoms with Crippen molar-refractivity contribution in [1.82, 2.24) is 0 Å². The fraction of sp³-hybridized carbons (Fsp3) is 0.667. The zero-order valence-electron chi connectivity index (χ0n) is 15.9. The van der Waals surface area contributed by atoms with Crippen molar-refractivity contribution in [2.75, 3.05) is 20.1 Å². The topological polar surface area (TPSA) is 107 Å². The number of phenolic OH excluding ortho intramolecular Hbond substituents is 2. The maximum Gasteiger partial charge on any atom is 0.177 e. The van der Waals surface area contributed by atoms with Gasteiger partial charge in [0.15, 0.2) is 29.0 Å². The predicted octanol–water partition coefficient (Wildman–Crippen LogP) is 0.346. The Morgan fingerprint density at radius 1 is 1.25 bits per heavy atom. The van der Waals surface area contributed by atoms with E-state index in [1.807, 2.05) is 0 Å². The Labute approximate surface area is 162 Å². The molecule has 2 heterocycles. The molecule has 0 radical (unpaired) electrons. The van der Waals surface area contributed by atoms with E-state index in [1.54, 1.807) is 0 Å². The number of hydrogen-bond donors (Lipinski definition) is 4. The molecule has 1 aromatic rings. The molecule has 1 aromatic carbocycles. The number of likely N-dealkylation sites (tertiary alicyclic amines) is 1. The molecule has 6 atom stereocenters. The van der Waals surface area contributed by atoms with Gasteiger partial charge >= 0.3 is 0 Å². The van der Waals surface area contributed by atoms with Gasteiger partial charge in [0, 0.05) is 42.4 Å². The lowest BCUT2D eigenvalue weighted by molar-refractivity contribution is -0.951. The second-order valence-electron chi connectivity index (χ2n) is 9.88. The molecule has 3 fully saturated rings. The summed E-state index contributed by atoms with van der Waals surface area (Å²) in [5, 5.41) is 44.3. The fourth-order valence-electron chi connectivity index (χ4n) is 7.04. The Bertz CT molecular complexity index is 928. The van der Waals surface area contributed by atoms with Crippen molar-refractivity contribution >= 4 is 5.78 Å². The first kappa shape index (κ1) is 17.1. The quantitative estimate of drug-likeness (QED) is 0.545. The largest absolute Gasteiger partial charge is 0.508 e. The minimum absolute atomic E-state index is 0.0284. The van der Waals surface area contributed by atoms with Gasteiger partial charge in [-0.15, -0.1) is 0 Å². The van der Waals surface area contributed by atoms with Gasteiger partial charge < -0.3 is 29.6 Å². The lowest BCUT2D eigenvalue weighted by Gasteiger charge is -2.65. The number of Topliss-reactive ketones (excluding diaryl/α,β-unsaturated/α-hetero) is 1. The van der Waals surface area contributed by atoms with E-state index in [0.717, 1.165) is 13.1 Å². The number of likely N-dealkylation sites (N-methyl/N-ethyl adjacent to an activating group) is 1. The van der Waals surface area contributed by atoms with Gasteiger partial charge in [-0.3, -0.25) is 4.79 Å². The maximum atomic E-state index is 12.9. The highest BCUT2D eigenvalue weighted by Crippen LogP contribution is 2.67. The molecule has 4 N–H and O–H groups in total. The Kier molecular flexibility index (Phi) is 2.94. The molecule has 5 aliphatic rings. The summed E-state index contributed by atoms with van der Waals surface area (Å²) in [5.74, 6) is 0.321. The number of ether oxygens (including phenoxy) is 1. The summed E-state index contributed by atoms with van der Waals surface area (Å²) in [5.41, 5.74) is -1.47. The van der Waals surface area contributed by atoms with Crippen molar-refractivity contribution < 1.29 is 34.4 Å². The first-order valence-corrected chi connectivity index (χ1v) is 10.2. The normalized spacial score (nSPS) is 45.5. The summed E-state index contributed by atoms with van der Waals surface area (Å²) >= 11 is 0. The molecule has 7 heteroatoms. The van der Waals surface area contributed by atoms with Crippen LogP contribution in [0.3, 0.4) is 0 Å². The van der Waals surface area contributed by atoms with E-state index in [2.05, 4.69) is 7.05 Å². The summed E-state index contributed by atoms with van der Waals surface area (Å²) in [4.78, 5) is 12.9. The molecule has 0 amide bonds. The van der Waals surface area contributed by atoms with Crippen LogP contribution in [0, 0.1) is 5.92 Å². The number of phenols is 2. The van der Waals surface area contributed by atoms with Crippen LogP contribution in [0.4, 0.5) is 0 Å². The molecule has 2 aliphatic heterocycles. The molecule has 1 spiro atoms. The number of aromatic hydroxyl groups is 2. The summed E-state index contributed by atoms with van der Waals surface area (Å²) in [6.07, 6.45) is 0.966. The van der Waals surface area contributed by atoms with Crippen LogP contribution in [-0.4, -0.2) is 74.7 Å². The highest BCUT2D eigenvalue weighted by molar-refractivity contribution is 5.91. The van der Waals surface area contributed by atoms with Crippen molar-refractivity contribution in [2.45, 2.75) is 61.4 Å². The second-order valence-corrected chi connectivity index (χ2v) is 9.88. The van der Waals surface area contributed by atoms with Crippen molar-refractivity contribution in [3.05, 3.63) is 17.2 Å². The van der Waals surface area contributed by atoms with Gasteiger partial charge in [0.1, 0.15) is 11.8 Å². The number of hydrogen-bond acceptors (Lipinski definition) is 6. The SMILES string of the molecule is C[N@+]1(CC2CC2)CC[C@]23c4c5c(O)cc(O)c4O[C@H]2C(=O)CC(O)[C@@]3(O)[C@@H]1C5. The summed E-state index contributed by atoms with van der Waals surface area (Å²) in [6, 6.07) is 0.930. The smallest absolute Gasteiger partial charge is 0.177 e. The van der Waals surface area contributed by atoms with Crippen LogP contribution in [0.15, 0.2) is 6.07 Å². The molecule has 0 aromatic heterocycles. The van der Waals surface area contributed by atoms with Gasteiger partial charge in [-0.25, -0.2) is 0 Å². The molecule has 3 aliphatic carbocycles. The number of aliphatic hydroxyl groups excluding tert-OH is 1. The van der Waals surface area contributed by atoms with Gasteiger partial charge in [-0.2, -0.15) is 0 Å². The molecular weight excluding hydrogens is 362 g/mol. The number of carbonyl (C=O) groups excluding carboxylic acids is 1. The van der Waals surface area contributed by atoms with E-state index in [0.29, 0.717) is 34.4 Å². The maximum absolute atomic E-state index is 12.9. The number of aliphatic hydroxyl groups is 2. The van der Waals surface area contributed by atoms with Gasteiger partial charge in [-0.1, -0.05) is 0 Å². The number of carbonyl (C=O) groups is 1. The summed E-state index contributed by atoms with van der Waals surface area (Å²) in [6.45, 7) is 1.69. The first-order valence-electron chi connectivity index (χ1n) is 10.2. The molecule has 2 bridgehead atoms. The second kappa shape index (κ2) is 4.83. The van der Waals surface area contributed by atoms with Gasteiger partial charge in [0.05, 0.1) is 31.7 Å². The van der Waals surface area contributed by atoms with Crippen LogP contribution in [0.5, 0.6) is 17.2 Å². The van der Waals surface area contributed by atoms with Gasteiger partial charge in [0.25, 0.3) is 0 Å². The van der Waals surface area contributed by atoms with Crippen LogP contribution in [-0.2, 0) is 16.6 Å². The van der Waals surface area contributed by atoms with Gasteiger partial charge in [0.2, 0.25) is 0 Å². The lowest BCUT2D eigenvalue weighted by atomic mass is 9.47. The predicted molar refractivity (Wildman–Crippen MR) is 97.2 cm³/mol. The van der Waals surface area contributed by atoms with Crippen LogP contribution in [0.1, 0.15) is 36.8 Å². The highest BCUT2D eigenvalue weighted by atomic mass is 16.5. The van der Waals surface area contributed by atoms with Crippen LogP contribution >= 0.6 is 0 Å². The molecule has 150 valence electrons. The number of ketones is 1. The Morgan fingerprint density at radius 3 is 2.71 bits per heavy atom. The van der Waals surface area contributed by atoms with E-state index in [-0.39, 0.29) is 35.5 Å². The third-order valence-electron chi connectivity index (χ3n) is 8.43. The average molecular weight is 388 g/mol. The summed E-state index contributed by atoms with van der Waals surface area (Å²) in [7, 11) is 2.13. The highest BCUT2D eigenvalue weighted by Gasteiger charge is 2.79. The molecule has 1 unspecified atom stereocenters. The van der Waals surface area contributed by atoms with Crippen LogP contribution < -0.4 is 4.74 Å². The van der Waals surface area contributed by atoms with E-state index in [4.69, 9.17) is 4.74 Å². The lowest BCUT2D eigenvalue weighted by Crippen LogP contribution is -2.84. The molecule has 2 saturated carbocycles. The van der Waals surface area contributed by atoms with Crippen molar-refractivity contribution in [1.29, 1.82) is 0 Å². The van der Waals surface area contributed by atoms with E-state index < -0.39 is 23.2 Å². The number of rotatable bonds is 2. The number of quaternary nitrogens is 1. The van der Waals surface area contributed by atoms with Crippen molar-refractivity contribution in [2.24, 2.45) is 5.92 Å². The Morgan fingerprint density at radius 2 is 2.00 bits per heavy atom. The molecule has 6 rings (SSSR count). The van der Waals surface area contributed by atoms with E-state index >= 15 is 0 Å². The monoisotopic (exact) mass is 388 g/mol. The van der Waals surface area contributed by atoms with Crippen LogP contribution in [0.2, 0.25) is 0 Å². The Hall–Kier alpha value is -1.83. The molecular formula is C21H26NO6+. The molecule has 7 nitrogen and oxygen atoms in total. The van der Waals surface area contributed by atoms with Crippen molar-refractivity contribution in [3.63, 3.8) is 0 Å². The first-order chi connectivity index (χ1) is 13.2. The minimum atomic E-state index is -1.54. The fourth-order valence-corrected chi connectivity index (χ4v) is 7.04. The van der Waals surface area contributed by atoms with Gasteiger partial charge in [-0.05, 0) is 12.8 Å². The van der Waals surface area contributed by atoms with Crippen LogP contribution in [0.25, 0.3) is 0 Å².